The molecule has 4 nitrogen and oxygen atoms in total. The molecule has 3 rings (SSSR count). The summed E-state index contributed by atoms with van der Waals surface area (Å²) in [4.78, 5) is 26.3. The van der Waals surface area contributed by atoms with Gasteiger partial charge >= 0.3 is 0 Å². The molecular formula is C19H20N2O2. The van der Waals surface area contributed by atoms with Crippen LogP contribution in [0.25, 0.3) is 0 Å². The lowest BCUT2D eigenvalue weighted by Crippen LogP contribution is -2.34. The van der Waals surface area contributed by atoms with Crippen LogP contribution >= 0.6 is 0 Å². The van der Waals surface area contributed by atoms with Gasteiger partial charge in [-0.1, -0.05) is 48.5 Å². The highest BCUT2D eigenvalue weighted by molar-refractivity contribution is 6.00. The topological polar surface area (TPSA) is 49.4 Å². The molecule has 4 heteroatoms. The zero-order valence-corrected chi connectivity index (χ0v) is 13.1. The third-order valence-electron chi connectivity index (χ3n) is 4.22. The van der Waals surface area contributed by atoms with Crippen LogP contribution < -0.4 is 10.2 Å². The van der Waals surface area contributed by atoms with Crippen LogP contribution in [0.4, 0.5) is 5.69 Å². The summed E-state index contributed by atoms with van der Waals surface area (Å²) in [7, 11) is 0. The monoisotopic (exact) mass is 308 g/mol. The number of hydrogen-bond acceptors (Lipinski definition) is 2. The van der Waals surface area contributed by atoms with Crippen molar-refractivity contribution in [1.82, 2.24) is 5.32 Å². The number of carbonyl (C=O) groups excluding carboxylic acids is 2. The van der Waals surface area contributed by atoms with Gasteiger partial charge in [-0.05, 0) is 24.6 Å². The first kappa shape index (κ1) is 15.3. The predicted octanol–water partition coefficient (Wildman–Crippen LogP) is 2.92. The van der Waals surface area contributed by atoms with Crippen LogP contribution in [-0.4, -0.2) is 18.4 Å². The first-order valence-electron chi connectivity index (χ1n) is 7.86. The summed E-state index contributed by atoms with van der Waals surface area (Å²) in [6.07, 6.45) is 0.266. The van der Waals surface area contributed by atoms with Crippen molar-refractivity contribution in [3.05, 3.63) is 66.2 Å². The molecule has 0 bridgehead atoms. The van der Waals surface area contributed by atoms with Crippen LogP contribution in [0.15, 0.2) is 60.7 Å². The van der Waals surface area contributed by atoms with Gasteiger partial charge in [0.1, 0.15) is 0 Å². The van der Waals surface area contributed by atoms with Crippen LogP contribution in [0.5, 0.6) is 0 Å². The molecule has 1 N–H and O–H groups in total. The van der Waals surface area contributed by atoms with Gasteiger partial charge in [-0.25, -0.2) is 0 Å². The molecule has 1 saturated heterocycles. The minimum Gasteiger partial charge on any atom is -0.349 e. The van der Waals surface area contributed by atoms with E-state index in [4.69, 9.17) is 0 Å². The van der Waals surface area contributed by atoms with Gasteiger partial charge in [0.05, 0.1) is 12.0 Å². The van der Waals surface area contributed by atoms with Gasteiger partial charge in [-0.2, -0.15) is 0 Å². The molecule has 1 aliphatic rings. The zero-order valence-electron chi connectivity index (χ0n) is 13.1. The van der Waals surface area contributed by atoms with E-state index in [1.54, 1.807) is 4.90 Å². The lowest BCUT2D eigenvalue weighted by atomic mass is 10.1. The average molecular weight is 308 g/mol. The van der Waals surface area contributed by atoms with E-state index in [0.29, 0.717) is 6.54 Å². The largest absolute Gasteiger partial charge is 0.349 e. The van der Waals surface area contributed by atoms with Gasteiger partial charge in [0, 0.05) is 18.7 Å². The molecule has 2 atom stereocenters. The highest BCUT2D eigenvalue weighted by Gasteiger charge is 2.35. The molecule has 2 unspecified atom stereocenters. The summed E-state index contributed by atoms with van der Waals surface area (Å²) in [6.45, 7) is 2.40. The van der Waals surface area contributed by atoms with Crippen LogP contribution in [-0.2, 0) is 9.59 Å². The first-order chi connectivity index (χ1) is 11.1. The van der Waals surface area contributed by atoms with Crippen molar-refractivity contribution in [1.29, 1.82) is 0 Å². The van der Waals surface area contributed by atoms with Gasteiger partial charge in [0.25, 0.3) is 0 Å². The molecule has 2 aromatic carbocycles. The number of amides is 2. The fourth-order valence-electron chi connectivity index (χ4n) is 2.90. The van der Waals surface area contributed by atoms with Gasteiger partial charge in [0.15, 0.2) is 0 Å². The van der Waals surface area contributed by atoms with Gasteiger partial charge in [-0.3, -0.25) is 9.59 Å². The van der Waals surface area contributed by atoms with Crippen molar-refractivity contribution in [3.63, 3.8) is 0 Å². The maximum Gasteiger partial charge on any atom is 0.227 e. The Morgan fingerprint density at radius 1 is 1.09 bits per heavy atom. The van der Waals surface area contributed by atoms with E-state index in [1.807, 2.05) is 67.6 Å². The Balaban J connectivity index is 1.64. The van der Waals surface area contributed by atoms with Gasteiger partial charge in [0.2, 0.25) is 11.8 Å². The lowest BCUT2D eigenvalue weighted by molar-refractivity contribution is -0.126. The van der Waals surface area contributed by atoms with E-state index < -0.39 is 0 Å². The molecule has 1 aliphatic heterocycles. The third kappa shape index (κ3) is 3.42. The standard InChI is InChI=1S/C19H20N2O2/c1-14(15-8-4-2-5-9-15)20-19(23)16-12-18(22)21(13-16)17-10-6-3-7-11-17/h2-11,14,16H,12-13H2,1H3,(H,20,23). The van der Waals surface area contributed by atoms with Crippen molar-refractivity contribution < 1.29 is 9.59 Å². The molecule has 0 aromatic heterocycles. The molecule has 0 radical (unpaired) electrons. The van der Waals surface area contributed by atoms with E-state index in [-0.39, 0.29) is 30.2 Å². The smallest absolute Gasteiger partial charge is 0.227 e. The highest BCUT2D eigenvalue weighted by atomic mass is 16.2. The highest BCUT2D eigenvalue weighted by Crippen LogP contribution is 2.25. The minimum absolute atomic E-state index is 0.00344. The number of nitrogens with zero attached hydrogens (tertiary/aromatic N) is 1. The maximum atomic E-state index is 12.5. The lowest BCUT2D eigenvalue weighted by Gasteiger charge is -2.18. The average Bonchev–Trinajstić information content (AvgIpc) is 2.98. The minimum atomic E-state index is -0.297. The number of hydrogen-bond donors (Lipinski definition) is 1. The third-order valence-corrected chi connectivity index (χ3v) is 4.22. The Bertz CT molecular complexity index is 685. The fraction of sp³-hybridized carbons (Fsp3) is 0.263. The van der Waals surface area contributed by atoms with E-state index in [9.17, 15) is 9.59 Å². The van der Waals surface area contributed by atoms with E-state index >= 15 is 0 Å². The Hall–Kier alpha value is -2.62. The summed E-state index contributed by atoms with van der Waals surface area (Å²) in [5, 5.41) is 3.01. The molecule has 0 saturated carbocycles. The summed E-state index contributed by atoms with van der Waals surface area (Å²) >= 11 is 0. The Kier molecular flexibility index (Phi) is 4.42. The Morgan fingerprint density at radius 3 is 2.35 bits per heavy atom. The van der Waals surface area contributed by atoms with E-state index in [1.165, 1.54) is 0 Å². The quantitative estimate of drug-likeness (QED) is 0.944. The molecule has 118 valence electrons. The maximum absolute atomic E-state index is 12.5. The van der Waals surface area contributed by atoms with Gasteiger partial charge < -0.3 is 10.2 Å². The van der Waals surface area contributed by atoms with Crippen molar-refractivity contribution in [2.75, 3.05) is 11.4 Å². The number of anilines is 1. The molecule has 1 fully saturated rings. The second-order valence-electron chi connectivity index (χ2n) is 5.88. The first-order valence-corrected chi connectivity index (χ1v) is 7.86. The van der Waals surface area contributed by atoms with Crippen molar-refractivity contribution in [2.45, 2.75) is 19.4 Å². The van der Waals surface area contributed by atoms with Crippen molar-refractivity contribution in [2.24, 2.45) is 5.92 Å². The Morgan fingerprint density at radius 2 is 1.70 bits per heavy atom. The second-order valence-corrected chi connectivity index (χ2v) is 5.88. The summed E-state index contributed by atoms with van der Waals surface area (Å²) in [6, 6.07) is 19.3. The number of nitrogens with one attached hydrogen (secondary N) is 1. The normalized spacial score (nSPS) is 18.7. The molecule has 2 aromatic rings. The van der Waals surface area contributed by atoms with Crippen molar-refractivity contribution >= 4 is 17.5 Å². The van der Waals surface area contributed by atoms with Crippen LogP contribution in [0.3, 0.4) is 0 Å². The number of benzene rings is 2. The van der Waals surface area contributed by atoms with Crippen LogP contribution in [0.2, 0.25) is 0 Å². The van der Waals surface area contributed by atoms with Crippen LogP contribution in [0, 0.1) is 5.92 Å². The summed E-state index contributed by atoms with van der Waals surface area (Å²) in [5.74, 6) is -0.356. The van der Waals surface area contributed by atoms with Crippen molar-refractivity contribution in [3.8, 4) is 0 Å². The summed E-state index contributed by atoms with van der Waals surface area (Å²) in [5.41, 5.74) is 1.91. The fourth-order valence-corrected chi connectivity index (χ4v) is 2.90. The predicted molar refractivity (Wildman–Crippen MR) is 89.9 cm³/mol. The number of rotatable bonds is 4. The molecule has 0 aliphatic carbocycles. The Labute approximate surface area is 136 Å². The number of para-hydroxylation sites is 1. The SMILES string of the molecule is CC(NC(=O)C1CC(=O)N(c2ccccc2)C1)c1ccccc1. The summed E-state index contributed by atoms with van der Waals surface area (Å²) < 4.78 is 0. The van der Waals surface area contributed by atoms with E-state index in [2.05, 4.69) is 5.32 Å². The molecule has 1 heterocycles. The van der Waals surface area contributed by atoms with Crippen LogP contribution in [0.1, 0.15) is 24.9 Å². The molecule has 0 spiro atoms. The van der Waals surface area contributed by atoms with Gasteiger partial charge in [-0.15, -0.1) is 0 Å². The molecular weight excluding hydrogens is 288 g/mol. The second kappa shape index (κ2) is 6.65. The molecule has 2 amide bonds. The zero-order chi connectivity index (χ0) is 16.2. The van der Waals surface area contributed by atoms with E-state index in [0.717, 1.165) is 11.3 Å². The molecule has 23 heavy (non-hydrogen) atoms. The number of carbonyl (C=O) groups is 2.